The third-order valence-corrected chi connectivity index (χ3v) is 4.76. The second-order valence-corrected chi connectivity index (χ2v) is 7.00. The fraction of sp³-hybridized carbons (Fsp3) is 0.250. The van der Waals surface area contributed by atoms with Gasteiger partial charge in [0, 0.05) is 23.2 Å². The van der Waals surface area contributed by atoms with Crippen LogP contribution in [0.2, 0.25) is 0 Å². The molecule has 24 heavy (non-hydrogen) atoms. The van der Waals surface area contributed by atoms with Crippen LogP contribution in [0.25, 0.3) is 5.57 Å². The highest BCUT2D eigenvalue weighted by Crippen LogP contribution is 2.22. The molecular formula is C20H21BrN2O. The summed E-state index contributed by atoms with van der Waals surface area (Å²) in [6.45, 7) is 4.15. The lowest BCUT2D eigenvalue weighted by atomic mass is 10.00. The van der Waals surface area contributed by atoms with Crippen molar-refractivity contribution in [1.82, 2.24) is 4.90 Å². The molecule has 0 saturated heterocycles. The average Bonchev–Trinajstić information content (AvgIpc) is 2.59. The van der Waals surface area contributed by atoms with Crippen molar-refractivity contribution in [3.63, 3.8) is 0 Å². The summed E-state index contributed by atoms with van der Waals surface area (Å²) in [5, 5.41) is 3.01. The normalized spacial score (nSPS) is 15.0. The van der Waals surface area contributed by atoms with Gasteiger partial charge in [-0.3, -0.25) is 9.69 Å². The van der Waals surface area contributed by atoms with Gasteiger partial charge < -0.3 is 5.32 Å². The summed E-state index contributed by atoms with van der Waals surface area (Å²) in [7, 11) is 0. The molecule has 0 bridgehead atoms. The quantitative estimate of drug-likeness (QED) is 0.842. The fourth-order valence-corrected chi connectivity index (χ4v) is 3.40. The Labute approximate surface area is 151 Å². The predicted octanol–water partition coefficient (Wildman–Crippen LogP) is 4.49. The molecule has 2 aromatic carbocycles. The van der Waals surface area contributed by atoms with E-state index in [-0.39, 0.29) is 5.91 Å². The molecule has 2 aromatic rings. The van der Waals surface area contributed by atoms with Gasteiger partial charge in [0.05, 0.1) is 6.54 Å². The summed E-state index contributed by atoms with van der Waals surface area (Å²) in [6.07, 6.45) is 3.21. The number of nitrogens with zero attached hydrogens (tertiary/aromatic N) is 1. The van der Waals surface area contributed by atoms with Crippen LogP contribution < -0.4 is 5.32 Å². The Hall–Kier alpha value is -1.91. The van der Waals surface area contributed by atoms with E-state index in [0.29, 0.717) is 6.54 Å². The van der Waals surface area contributed by atoms with Gasteiger partial charge in [-0.15, -0.1) is 0 Å². The third-order valence-electron chi connectivity index (χ3n) is 4.27. The zero-order valence-electron chi connectivity index (χ0n) is 13.8. The van der Waals surface area contributed by atoms with Crippen LogP contribution in [-0.4, -0.2) is 30.4 Å². The largest absolute Gasteiger partial charge is 0.325 e. The molecule has 1 aliphatic rings. The smallest absolute Gasteiger partial charge is 0.238 e. The molecule has 0 atom stereocenters. The molecule has 0 spiro atoms. The molecule has 1 amide bonds. The van der Waals surface area contributed by atoms with Crippen molar-refractivity contribution in [3.8, 4) is 0 Å². The molecular weight excluding hydrogens is 364 g/mol. The van der Waals surface area contributed by atoms with E-state index in [0.717, 1.165) is 35.2 Å². The number of carbonyl (C=O) groups is 1. The fourth-order valence-electron chi connectivity index (χ4n) is 2.93. The second kappa shape index (κ2) is 7.77. The summed E-state index contributed by atoms with van der Waals surface area (Å²) in [5.41, 5.74) is 4.59. The minimum Gasteiger partial charge on any atom is -0.325 e. The maximum atomic E-state index is 12.3. The van der Waals surface area contributed by atoms with Crippen molar-refractivity contribution < 1.29 is 4.79 Å². The van der Waals surface area contributed by atoms with Crippen LogP contribution in [0.4, 0.5) is 5.69 Å². The Morgan fingerprint density at radius 3 is 2.67 bits per heavy atom. The van der Waals surface area contributed by atoms with Crippen LogP contribution in [0.1, 0.15) is 17.5 Å². The van der Waals surface area contributed by atoms with Gasteiger partial charge in [-0.1, -0.05) is 52.3 Å². The van der Waals surface area contributed by atoms with Crippen molar-refractivity contribution in [2.24, 2.45) is 0 Å². The average molecular weight is 385 g/mol. The summed E-state index contributed by atoms with van der Waals surface area (Å²) >= 11 is 3.44. The SMILES string of the molecule is Cc1cc(Br)ccc1NC(=O)CN1CC=C(c2ccccc2)CC1. The molecule has 3 rings (SSSR count). The highest BCUT2D eigenvalue weighted by atomic mass is 79.9. The zero-order chi connectivity index (χ0) is 16.9. The van der Waals surface area contributed by atoms with Gasteiger partial charge in [0.25, 0.3) is 0 Å². The van der Waals surface area contributed by atoms with Gasteiger partial charge in [-0.05, 0) is 48.2 Å². The number of amides is 1. The first kappa shape index (κ1) is 16.9. The lowest BCUT2D eigenvalue weighted by molar-refractivity contribution is -0.117. The highest BCUT2D eigenvalue weighted by Gasteiger charge is 2.16. The zero-order valence-corrected chi connectivity index (χ0v) is 15.3. The van der Waals surface area contributed by atoms with E-state index in [4.69, 9.17) is 0 Å². The van der Waals surface area contributed by atoms with E-state index in [1.807, 2.05) is 31.2 Å². The van der Waals surface area contributed by atoms with Crippen LogP contribution in [-0.2, 0) is 4.79 Å². The summed E-state index contributed by atoms with van der Waals surface area (Å²) < 4.78 is 1.02. The van der Waals surface area contributed by atoms with Crippen molar-refractivity contribution in [2.75, 3.05) is 25.0 Å². The molecule has 1 heterocycles. The maximum Gasteiger partial charge on any atom is 0.238 e. The van der Waals surface area contributed by atoms with Gasteiger partial charge in [0.15, 0.2) is 0 Å². The van der Waals surface area contributed by atoms with E-state index in [9.17, 15) is 4.79 Å². The molecule has 0 saturated carbocycles. The van der Waals surface area contributed by atoms with Crippen LogP contribution >= 0.6 is 15.9 Å². The molecule has 1 aliphatic heterocycles. The standard InChI is InChI=1S/C20H21BrN2O/c1-15-13-18(21)7-8-19(15)22-20(24)14-23-11-9-17(10-12-23)16-5-3-2-4-6-16/h2-9,13H,10-12,14H2,1H3,(H,22,24). The second-order valence-electron chi connectivity index (χ2n) is 6.09. The Morgan fingerprint density at radius 1 is 1.21 bits per heavy atom. The molecule has 0 aliphatic carbocycles. The number of aryl methyl sites for hydroxylation is 1. The summed E-state index contributed by atoms with van der Waals surface area (Å²) in [4.78, 5) is 14.5. The lowest BCUT2D eigenvalue weighted by Crippen LogP contribution is -2.36. The van der Waals surface area contributed by atoms with Crippen molar-refractivity contribution in [3.05, 3.63) is 70.2 Å². The van der Waals surface area contributed by atoms with E-state index in [1.54, 1.807) is 0 Å². The third kappa shape index (κ3) is 4.34. The maximum absolute atomic E-state index is 12.3. The van der Waals surface area contributed by atoms with Gasteiger partial charge in [0.1, 0.15) is 0 Å². The Kier molecular flexibility index (Phi) is 5.48. The molecule has 3 nitrogen and oxygen atoms in total. The Morgan fingerprint density at radius 2 is 2.00 bits per heavy atom. The van der Waals surface area contributed by atoms with Gasteiger partial charge in [0.2, 0.25) is 5.91 Å². The van der Waals surface area contributed by atoms with Gasteiger partial charge in [-0.25, -0.2) is 0 Å². The van der Waals surface area contributed by atoms with E-state index in [1.165, 1.54) is 11.1 Å². The number of carbonyl (C=O) groups excluding carboxylic acids is 1. The number of halogens is 1. The minimum atomic E-state index is 0.0389. The molecule has 4 heteroatoms. The number of anilines is 1. The number of nitrogens with one attached hydrogen (secondary N) is 1. The molecule has 0 fully saturated rings. The first-order valence-corrected chi connectivity index (χ1v) is 8.94. The topological polar surface area (TPSA) is 32.3 Å². The summed E-state index contributed by atoms with van der Waals surface area (Å²) in [5.74, 6) is 0.0389. The van der Waals surface area contributed by atoms with Crippen LogP contribution in [0, 0.1) is 6.92 Å². The molecule has 0 aromatic heterocycles. The molecule has 0 unspecified atom stereocenters. The number of hydrogen-bond acceptors (Lipinski definition) is 2. The molecule has 1 N–H and O–H groups in total. The number of rotatable bonds is 4. The van der Waals surface area contributed by atoms with Crippen LogP contribution in [0.5, 0.6) is 0 Å². The Bertz CT molecular complexity index is 755. The van der Waals surface area contributed by atoms with Crippen LogP contribution in [0.3, 0.4) is 0 Å². The van der Waals surface area contributed by atoms with Gasteiger partial charge >= 0.3 is 0 Å². The van der Waals surface area contributed by atoms with Crippen molar-refractivity contribution >= 4 is 33.1 Å². The van der Waals surface area contributed by atoms with Gasteiger partial charge in [-0.2, -0.15) is 0 Å². The number of benzene rings is 2. The first-order valence-electron chi connectivity index (χ1n) is 8.14. The molecule has 0 radical (unpaired) electrons. The summed E-state index contributed by atoms with van der Waals surface area (Å²) in [6, 6.07) is 16.3. The molecule has 124 valence electrons. The Balaban J connectivity index is 1.56. The van der Waals surface area contributed by atoms with E-state index >= 15 is 0 Å². The highest BCUT2D eigenvalue weighted by molar-refractivity contribution is 9.10. The van der Waals surface area contributed by atoms with E-state index < -0.39 is 0 Å². The predicted molar refractivity (Wildman–Crippen MR) is 103 cm³/mol. The van der Waals surface area contributed by atoms with Crippen molar-refractivity contribution in [1.29, 1.82) is 0 Å². The van der Waals surface area contributed by atoms with Crippen molar-refractivity contribution in [2.45, 2.75) is 13.3 Å². The first-order chi connectivity index (χ1) is 11.6. The van der Waals surface area contributed by atoms with Crippen LogP contribution in [0.15, 0.2) is 59.1 Å². The monoisotopic (exact) mass is 384 g/mol. The van der Waals surface area contributed by atoms with E-state index in [2.05, 4.69) is 56.5 Å². The number of hydrogen-bond donors (Lipinski definition) is 1. The lowest BCUT2D eigenvalue weighted by Gasteiger charge is -2.26. The minimum absolute atomic E-state index is 0.0389.